The van der Waals surface area contributed by atoms with Gasteiger partial charge in [0.2, 0.25) is 0 Å². The molecule has 0 aromatic carbocycles. The minimum atomic E-state index is 0. The standard InChI is InChI=1S/C16H34O.Na.H/c1-2-3-4-5-6-7-8-9-10-11-12-13-14-15-16-17;;/h17H,2-16H2,1H3;;/q;+1;-1. The van der Waals surface area contributed by atoms with E-state index in [9.17, 15) is 0 Å². The minimum Gasteiger partial charge on any atom is -1.00 e. The van der Waals surface area contributed by atoms with Crippen LogP contribution in [0.25, 0.3) is 0 Å². The second kappa shape index (κ2) is 20.3. The van der Waals surface area contributed by atoms with E-state index >= 15 is 0 Å². The Morgan fingerprint density at radius 1 is 0.556 bits per heavy atom. The van der Waals surface area contributed by atoms with E-state index in [2.05, 4.69) is 6.92 Å². The Hall–Kier alpha value is 0.960. The maximum absolute atomic E-state index is 8.64. The van der Waals surface area contributed by atoms with Gasteiger partial charge >= 0.3 is 29.6 Å². The van der Waals surface area contributed by atoms with Gasteiger partial charge in [0, 0.05) is 6.61 Å². The first-order valence-corrected chi connectivity index (χ1v) is 8.02. The minimum absolute atomic E-state index is 0. The van der Waals surface area contributed by atoms with Crippen LogP contribution in [0.1, 0.15) is 98.2 Å². The summed E-state index contributed by atoms with van der Waals surface area (Å²) in [4.78, 5) is 0. The zero-order valence-corrected chi connectivity index (χ0v) is 15.1. The van der Waals surface area contributed by atoms with E-state index in [-0.39, 0.29) is 31.0 Å². The number of aliphatic hydroxyl groups excluding tert-OH is 1. The van der Waals surface area contributed by atoms with Gasteiger partial charge in [-0.25, -0.2) is 0 Å². The molecule has 2 heteroatoms. The smallest absolute Gasteiger partial charge is 1.00 e. The summed E-state index contributed by atoms with van der Waals surface area (Å²) in [6.07, 6.45) is 19.2. The summed E-state index contributed by atoms with van der Waals surface area (Å²) < 4.78 is 0. The van der Waals surface area contributed by atoms with Crippen molar-refractivity contribution in [1.82, 2.24) is 0 Å². The van der Waals surface area contributed by atoms with Crippen LogP contribution in [0.5, 0.6) is 0 Å². The van der Waals surface area contributed by atoms with Crippen molar-refractivity contribution in [2.75, 3.05) is 6.61 Å². The van der Waals surface area contributed by atoms with Crippen LogP contribution in [0.4, 0.5) is 0 Å². The SMILES string of the molecule is CCCCCCCCCCCCCCCCO.[H-].[Na+]. The van der Waals surface area contributed by atoms with Crippen molar-refractivity contribution in [1.29, 1.82) is 0 Å². The molecule has 1 N–H and O–H groups in total. The zero-order valence-electron chi connectivity index (χ0n) is 14.1. The summed E-state index contributed by atoms with van der Waals surface area (Å²) >= 11 is 0. The predicted molar refractivity (Wildman–Crippen MR) is 78.5 cm³/mol. The van der Waals surface area contributed by atoms with Crippen LogP contribution in [0.2, 0.25) is 0 Å². The van der Waals surface area contributed by atoms with E-state index < -0.39 is 0 Å². The molecule has 0 bridgehead atoms. The Kier molecular flexibility index (Phi) is 24.0. The molecule has 106 valence electrons. The monoisotopic (exact) mass is 266 g/mol. The van der Waals surface area contributed by atoms with Crippen LogP contribution in [0, 0.1) is 0 Å². The maximum Gasteiger partial charge on any atom is 1.00 e. The van der Waals surface area contributed by atoms with Gasteiger partial charge in [0.05, 0.1) is 0 Å². The second-order valence-corrected chi connectivity index (χ2v) is 5.32. The number of hydrogen-bond acceptors (Lipinski definition) is 1. The van der Waals surface area contributed by atoms with Gasteiger partial charge in [-0.3, -0.25) is 0 Å². The molecule has 18 heavy (non-hydrogen) atoms. The Bertz CT molecular complexity index is 120. The molecule has 1 nitrogen and oxygen atoms in total. The molecule has 0 aromatic rings. The van der Waals surface area contributed by atoms with Gasteiger partial charge in [0.15, 0.2) is 0 Å². The van der Waals surface area contributed by atoms with Crippen molar-refractivity contribution in [3.63, 3.8) is 0 Å². The molecule has 0 aliphatic rings. The second-order valence-electron chi connectivity index (χ2n) is 5.32. The average Bonchev–Trinajstić information content (AvgIpc) is 2.35. The van der Waals surface area contributed by atoms with Gasteiger partial charge in [-0.15, -0.1) is 0 Å². The molecule has 0 saturated heterocycles. The van der Waals surface area contributed by atoms with E-state index in [1.165, 1.54) is 83.5 Å². The molecule has 0 radical (unpaired) electrons. The number of hydrogen-bond donors (Lipinski definition) is 1. The van der Waals surface area contributed by atoms with Gasteiger partial charge in [0.1, 0.15) is 0 Å². The molecule has 0 aliphatic carbocycles. The molecule has 0 saturated carbocycles. The van der Waals surface area contributed by atoms with E-state index in [4.69, 9.17) is 5.11 Å². The summed E-state index contributed by atoms with van der Waals surface area (Å²) in [6, 6.07) is 0. The van der Waals surface area contributed by atoms with Crippen molar-refractivity contribution in [3.05, 3.63) is 0 Å². The fourth-order valence-electron chi connectivity index (χ4n) is 2.31. The Balaban J connectivity index is -0.00000128. The molecule has 0 amide bonds. The van der Waals surface area contributed by atoms with Crippen LogP contribution >= 0.6 is 0 Å². The molecule has 0 atom stereocenters. The van der Waals surface area contributed by atoms with E-state index in [1.807, 2.05) is 0 Å². The third-order valence-electron chi connectivity index (χ3n) is 3.51. The van der Waals surface area contributed by atoms with Crippen molar-refractivity contribution in [2.24, 2.45) is 0 Å². The van der Waals surface area contributed by atoms with Gasteiger partial charge in [-0.05, 0) is 6.42 Å². The molecular formula is C16H35NaO. The fourth-order valence-corrected chi connectivity index (χ4v) is 2.31. The number of rotatable bonds is 14. The Morgan fingerprint density at radius 3 is 1.11 bits per heavy atom. The van der Waals surface area contributed by atoms with Crippen LogP contribution in [0.3, 0.4) is 0 Å². The summed E-state index contributed by atoms with van der Waals surface area (Å²) in [6.45, 7) is 2.65. The van der Waals surface area contributed by atoms with Crippen molar-refractivity contribution >= 4 is 0 Å². The molecule has 0 unspecified atom stereocenters. The normalized spacial score (nSPS) is 10.3. The van der Waals surface area contributed by atoms with E-state index in [0.29, 0.717) is 6.61 Å². The first kappa shape index (κ1) is 21.3. The maximum atomic E-state index is 8.64. The molecular weight excluding hydrogens is 231 g/mol. The molecule has 0 aliphatic heterocycles. The van der Waals surface area contributed by atoms with Gasteiger partial charge in [-0.1, -0.05) is 90.4 Å². The molecule has 0 rings (SSSR count). The van der Waals surface area contributed by atoms with Gasteiger partial charge in [-0.2, -0.15) is 0 Å². The summed E-state index contributed by atoms with van der Waals surface area (Å²) in [5, 5.41) is 8.64. The predicted octanol–water partition coefficient (Wildman–Crippen LogP) is 2.58. The van der Waals surface area contributed by atoms with Crippen molar-refractivity contribution in [2.45, 2.75) is 96.8 Å². The number of unbranched alkanes of at least 4 members (excludes halogenated alkanes) is 13. The summed E-state index contributed by atoms with van der Waals surface area (Å²) in [5.41, 5.74) is 0. The Morgan fingerprint density at radius 2 is 0.833 bits per heavy atom. The van der Waals surface area contributed by atoms with E-state index in [0.717, 1.165) is 6.42 Å². The largest absolute Gasteiger partial charge is 1.00 e. The van der Waals surface area contributed by atoms with E-state index in [1.54, 1.807) is 0 Å². The van der Waals surface area contributed by atoms with Crippen molar-refractivity contribution in [3.8, 4) is 0 Å². The summed E-state index contributed by atoms with van der Waals surface area (Å²) in [5.74, 6) is 0. The molecule has 0 aromatic heterocycles. The fraction of sp³-hybridized carbons (Fsp3) is 1.00. The van der Waals surface area contributed by atoms with Crippen LogP contribution < -0.4 is 29.6 Å². The third-order valence-corrected chi connectivity index (χ3v) is 3.51. The van der Waals surface area contributed by atoms with Gasteiger partial charge < -0.3 is 6.53 Å². The first-order chi connectivity index (χ1) is 8.41. The third kappa shape index (κ3) is 19.3. The molecule has 0 heterocycles. The van der Waals surface area contributed by atoms with Gasteiger partial charge in [0.25, 0.3) is 0 Å². The Labute approximate surface area is 139 Å². The number of aliphatic hydroxyl groups is 1. The topological polar surface area (TPSA) is 20.2 Å². The summed E-state index contributed by atoms with van der Waals surface area (Å²) in [7, 11) is 0. The zero-order chi connectivity index (χ0) is 12.6. The molecule has 0 spiro atoms. The van der Waals surface area contributed by atoms with Crippen LogP contribution in [-0.2, 0) is 0 Å². The molecule has 0 fully saturated rings. The quantitative estimate of drug-likeness (QED) is 0.378. The van der Waals surface area contributed by atoms with Crippen LogP contribution in [-0.4, -0.2) is 11.7 Å². The van der Waals surface area contributed by atoms with Crippen LogP contribution in [0.15, 0.2) is 0 Å². The average molecular weight is 266 g/mol. The first-order valence-electron chi connectivity index (χ1n) is 8.02. The van der Waals surface area contributed by atoms with Crippen molar-refractivity contribution < 1.29 is 36.1 Å².